The van der Waals surface area contributed by atoms with Crippen LogP contribution in [0.25, 0.3) is 0 Å². The second kappa shape index (κ2) is 18.8. The molecule has 0 aromatic heterocycles. The minimum absolute atomic E-state index is 0.0403. The van der Waals surface area contributed by atoms with Gasteiger partial charge in [-0.3, -0.25) is 0 Å². The summed E-state index contributed by atoms with van der Waals surface area (Å²) < 4.78 is 6.09. The smallest absolute Gasteiger partial charge is 0.163 e. The summed E-state index contributed by atoms with van der Waals surface area (Å²) >= 11 is 0. The molecule has 0 amide bonds. The molecule has 176 valence electrons. The molecule has 0 aliphatic rings. The Kier molecular flexibility index (Phi) is 18.8. The number of hydrogen-bond acceptors (Lipinski definition) is 4. The second-order valence-electron chi connectivity index (χ2n) is 9.55. The van der Waals surface area contributed by atoms with Crippen LogP contribution < -0.4 is 0 Å². The highest BCUT2D eigenvalue weighted by molar-refractivity contribution is 6.27. The highest BCUT2D eigenvalue weighted by atomic mass is 28.2. The molecule has 0 aromatic carbocycles. The van der Waals surface area contributed by atoms with Gasteiger partial charge in [0.2, 0.25) is 0 Å². The molecule has 0 rings (SSSR count). The van der Waals surface area contributed by atoms with E-state index >= 15 is 0 Å². The van der Waals surface area contributed by atoms with Crippen LogP contribution in [0.2, 0.25) is 6.04 Å². The molecule has 0 bridgehead atoms. The Morgan fingerprint density at radius 2 is 0.897 bits per heavy atom. The van der Waals surface area contributed by atoms with Crippen LogP contribution in [0.5, 0.6) is 0 Å². The van der Waals surface area contributed by atoms with E-state index < -0.39 is 9.76 Å². The lowest BCUT2D eigenvalue weighted by molar-refractivity contribution is 0.136. The van der Waals surface area contributed by atoms with Crippen molar-refractivity contribution in [2.75, 3.05) is 58.9 Å². The molecule has 0 aliphatic carbocycles. The van der Waals surface area contributed by atoms with E-state index in [4.69, 9.17) is 4.43 Å². The maximum absolute atomic E-state index is 6.09. The van der Waals surface area contributed by atoms with Crippen molar-refractivity contribution in [1.82, 2.24) is 14.7 Å². The van der Waals surface area contributed by atoms with E-state index in [0.29, 0.717) is 0 Å². The summed E-state index contributed by atoms with van der Waals surface area (Å²) in [6.45, 7) is 27.0. The van der Waals surface area contributed by atoms with Crippen LogP contribution in [0.1, 0.15) is 87.0 Å². The van der Waals surface area contributed by atoms with Crippen molar-refractivity contribution in [1.29, 1.82) is 0 Å². The fourth-order valence-corrected chi connectivity index (χ4v) is 5.31. The first-order valence-corrected chi connectivity index (χ1v) is 14.2. The lowest BCUT2D eigenvalue weighted by Gasteiger charge is -2.27. The molecule has 0 atom stereocenters. The lowest BCUT2D eigenvalue weighted by atomic mass is 10.2. The normalized spacial score (nSPS) is 13.0. The van der Waals surface area contributed by atoms with Crippen molar-refractivity contribution in [3.63, 3.8) is 0 Å². The van der Waals surface area contributed by atoms with Crippen LogP contribution >= 0.6 is 0 Å². The molecule has 5 heteroatoms. The van der Waals surface area contributed by atoms with Crippen molar-refractivity contribution in [2.24, 2.45) is 0 Å². The minimum Gasteiger partial charge on any atom is -0.419 e. The zero-order valence-corrected chi connectivity index (χ0v) is 22.7. The topological polar surface area (TPSA) is 19.0 Å². The zero-order valence-electron chi connectivity index (χ0n) is 21.3. The van der Waals surface area contributed by atoms with E-state index in [9.17, 15) is 0 Å². The molecule has 0 spiro atoms. The standard InChI is InChI=1S/C24H55N3OSi/c1-8-14-25(15-9-2)18-12-20-27(22-23-29-28-24(5,6)7)21-13-19-26(16-10-3)17-11-4/h8-23,29H2,1-7H3. The predicted octanol–water partition coefficient (Wildman–Crippen LogP) is 4.63. The molecule has 0 radical (unpaired) electrons. The Labute approximate surface area is 186 Å². The van der Waals surface area contributed by atoms with Gasteiger partial charge in [-0.25, -0.2) is 0 Å². The van der Waals surface area contributed by atoms with E-state index in [2.05, 4.69) is 63.2 Å². The van der Waals surface area contributed by atoms with E-state index in [1.807, 2.05) is 0 Å². The Balaban J connectivity index is 4.42. The highest BCUT2D eigenvalue weighted by Crippen LogP contribution is 2.07. The molecule has 0 saturated carbocycles. The van der Waals surface area contributed by atoms with Crippen LogP contribution in [-0.4, -0.2) is 89.0 Å². The molecule has 0 saturated heterocycles. The van der Waals surface area contributed by atoms with Crippen LogP contribution in [0.4, 0.5) is 0 Å². The van der Waals surface area contributed by atoms with E-state index in [1.165, 1.54) is 103 Å². The monoisotopic (exact) mass is 429 g/mol. The van der Waals surface area contributed by atoms with Crippen molar-refractivity contribution in [3.05, 3.63) is 0 Å². The lowest BCUT2D eigenvalue weighted by Crippen LogP contribution is -2.35. The van der Waals surface area contributed by atoms with Crippen LogP contribution in [0.3, 0.4) is 0 Å². The Bertz CT molecular complexity index is 316. The number of rotatable bonds is 20. The molecule has 29 heavy (non-hydrogen) atoms. The van der Waals surface area contributed by atoms with Crippen molar-refractivity contribution < 1.29 is 4.43 Å². The average Bonchev–Trinajstić information content (AvgIpc) is 2.64. The molecule has 0 aliphatic heterocycles. The summed E-state index contributed by atoms with van der Waals surface area (Å²) in [5.41, 5.74) is 0.0403. The Morgan fingerprint density at radius 1 is 0.552 bits per heavy atom. The van der Waals surface area contributed by atoms with Gasteiger partial charge in [-0.15, -0.1) is 0 Å². The summed E-state index contributed by atoms with van der Waals surface area (Å²) in [5, 5.41) is 0. The van der Waals surface area contributed by atoms with E-state index in [0.717, 1.165) is 0 Å². The van der Waals surface area contributed by atoms with Crippen molar-refractivity contribution in [2.45, 2.75) is 98.6 Å². The Hall–Kier alpha value is 0.0569. The van der Waals surface area contributed by atoms with Crippen LogP contribution in [0.15, 0.2) is 0 Å². The van der Waals surface area contributed by atoms with Gasteiger partial charge >= 0.3 is 0 Å². The maximum Gasteiger partial charge on any atom is 0.163 e. The van der Waals surface area contributed by atoms with Crippen LogP contribution in [0, 0.1) is 0 Å². The third kappa shape index (κ3) is 18.5. The third-order valence-electron chi connectivity index (χ3n) is 5.21. The summed E-state index contributed by atoms with van der Waals surface area (Å²) in [5.74, 6) is 0. The quantitative estimate of drug-likeness (QED) is 0.207. The fraction of sp³-hybridized carbons (Fsp3) is 1.00. The summed E-state index contributed by atoms with van der Waals surface area (Å²) in [6.07, 6.45) is 7.67. The maximum atomic E-state index is 6.09. The molecule has 0 heterocycles. The predicted molar refractivity (Wildman–Crippen MR) is 134 cm³/mol. The largest absolute Gasteiger partial charge is 0.419 e. The third-order valence-corrected chi connectivity index (χ3v) is 6.89. The molecule has 0 N–H and O–H groups in total. The first kappa shape index (κ1) is 29.1. The van der Waals surface area contributed by atoms with Gasteiger partial charge in [-0.2, -0.15) is 0 Å². The molecule has 0 aromatic rings. The van der Waals surface area contributed by atoms with Gasteiger partial charge in [0, 0.05) is 5.60 Å². The summed E-state index contributed by atoms with van der Waals surface area (Å²) in [6, 6.07) is 1.28. The molecular formula is C24H55N3OSi. The molecular weight excluding hydrogens is 374 g/mol. The minimum atomic E-state index is -0.408. The number of nitrogens with zero attached hydrogens (tertiary/aromatic N) is 3. The average molecular weight is 430 g/mol. The van der Waals surface area contributed by atoms with Crippen LogP contribution in [-0.2, 0) is 4.43 Å². The van der Waals surface area contributed by atoms with Gasteiger partial charge in [0.15, 0.2) is 9.76 Å². The molecule has 0 unspecified atom stereocenters. The SMILES string of the molecule is CCCN(CCC)CCCN(CCCN(CCC)CCC)CC[SiH2]OC(C)(C)C. The van der Waals surface area contributed by atoms with Gasteiger partial charge in [0.1, 0.15) is 0 Å². The van der Waals surface area contributed by atoms with Gasteiger partial charge in [-0.05, 0) is 124 Å². The van der Waals surface area contributed by atoms with Crippen molar-refractivity contribution in [3.8, 4) is 0 Å². The molecule has 0 fully saturated rings. The Morgan fingerprint density at radius 3 is 1.21 bits per heavy atom. The first-order valence-electron chi connectivity index (χ1n) is 12.7. The van der Waals surface area contributed by atoms with Gasteiger partial charge < -0.3 is 19.1 Å². The summed E-state index contributed by atoms with van der Waals surface area (Å²) in [4.78, 5) is 8.03. The summed E-state index contributed by atoms with van der Waals surface area (Å²) in [7, 11) is -0.408. The zero-order chi connectivity index (χ0) is 22.0. The van der Waals surface area contributed by atoms with E-state index in [1.54, 1.807) is 0 Å². The van der Waals surface area contributed by atoms with Crippen molar-refractivity contribution >= 4 is 9.76 Å². The molecule has 4 nitrogen and oxygen atoms in total. The highest BCUT2D eigenvalue weighted by Gasteiger charge is 2.12. The van der Waals surface area contributed by atoms with Gasteiger partial charge in [0.25, 0.3) is 0 Å². The van der Waals surface area contributed by atoms with Gasteiger partial charge in [0.05, 0.1) is 0 Å². The fourth-order valence-electron chi connectivity index (χ4n) is 3.97. The second-order valence-corrected chi connectivity index (χ2v) is 11.0. The number of hydrogen-bond donors (Lipinski definition) is 0. The first-order chi connectivity index (χ1) is 13.9. The van der Waals surface area contributed by atoms with E-state index in [-0.39, 0.29) is 5.60 Å². The van der Waals surface area contributed by atoms with Gasteiger partial charge in [-0.1, -0.05) is 27.7 Å².